The van der Waals surface area contributed by atoms with Gasteiger partial charge in [0.1, 0.15) is 12.0 Å². The molecule has 0 aliphatic rings. The van der Waals surface area contributed by atoms with Crippen LogP contribution in [0.2, 0.25) is 0 Å². The third-order valence-corrected chi connectivity index (χ3v) is 1.08. The van der Waals surface area contributed by atoms with Crippen LogP contribution in [0.5, 0.6) is 0 Å². The maximum Gasteiger partial charge on any atom is 0.332 e. The zero-order chi connectivity index (χ0) is 8.85. The van der Waals surface area contributed by atoms with Crippen molar-refractivity contribution in [1.82, 2.24) is 0 Å². The average Bonchev–Trinajstić information content (AvgIpc) is 2.02. The van der Waals surface area contributed by atoms with Gasteiger partial charge in [0.05, 0.1) is 6.26 Å². The largest absolute Gasteiger partial charge is 0.434 e. The van der Waals surface area contributed by atoms with E-state index in [9.17, 15) is 9.59 Å². The lowest BCUT2D eigenvalue weighted by Crippen LogP contribution is -2.32. The zero-order valence-corrected chi connectivity index (χ0v) is 6.16. The van der Waals surface area contributed by atoms with Crippen molar-refractivity contribution in [2.75, 3.05) is 0 Å². The lowest BCUT2D eigenvalue weighted by atomic mass is 10.2. The maximum atomic E-state index is 10.7. The standard InChI is InChI=1S/C7H9NO3/c1-3-11-7(10)6(8)5(2)4-9/h3,6H,1,8H2,2H3. The van der Waals surface area contributed by atoms with E-state index in [1.165, 1.54) is 12.9 Å². The van der Waals surface area contributed by atoms with Crippen LogP contribution in [0.3, 0.4) is 0 Å². The Kier molecular flexibility index (Phi) is 3.88. The van der Waals surface area contributed by atoms with Crippen LogP contribution in [-0.2, 0) is 14.3 Å². The van der Waals surface area contributed by atoms with Crippen molar-refractivity contribution in [3.8, 4) is 0 Å². The van der Waals surface area contributed by atoms with Gasteiger partial charge in [-0.15, -0.1) is 0 Å². The van der Waals surface area contributed by atoms with E-state index in [-0.39, 0.29) is 5.57 Å². The molecule has 0 radical (unpaired) electrons. The van der Waals surface area contributed by atoms with Crippen molar-refractivity contribution in [2.45, 2.75) is 13.0 Å². The van der Waals surface area contributed by atoms with E-state index >= 15 is 0 Å². The summed E-state index contributed by atoms with van der Waals surface area (Å²) >= 11 is 0. The van der Waals surface area contributed by atoms with E-state index in [1.54, 1.807) is 0 Å². The van der Waals surface area contributed by atoms with E-state index in [4.69, 9.17) is 5.73 Å². The summed E-state index contributed by atoms with van der Waals surface area (Å²) in [6.45, 7) is 4.57. The Hall–Kier alpha value is -1.38. The van der Waals surface area contributed by atoms with E-state index in [2.05, 4.69) is 11.3 Å². The van der Waals surface area contributed by atoms with Gasteiger partial charge in [0.2, 0.25) is 0 Å². The molecule has 0 aromatic heterocycles. The summed E-state index contributed by atoms with van der Waals surface area (Å²) in [7, 11) is 0. The Bertz CT molecular complexity index is 216. The average molecular weight is 155 g/mol. The van der Waals surface area contributed by atoms with Gasteiger partial charge in [-0.2, -0.15) is 0 Å². The summed E-state index contributed by atoms with van der Waals surface area (Å²) in [6, 6.07) is -1.04. The Morgan fingerprint density at radius 2 is 2.36 bits per heavy atom. The molecule has 4 heteroatoms. The minimum absolute atomic E-state index is 0.108. The third-order valence-electron chi connectivity index (χ3n) is 1.08. The van der Waals surface area contributed by atoms with Crippen molar-refractivity contribution in [1.29, 1.82) is 0 Å². The van der Waals surface area contributed by atoms with Crippen molar-refractivity contribution >= 4 is 11.9 Å². The molecule has 0 aliphatic carbocycles. The SMILES string of the molecule is C=COC(=O)C(N)C(C)=C=O. The number of nitrogens with two attached hydrogens (primary N) is 1. The Balaban J connectivity index is 4.24. The number of ether oxygens (including phenoxy) is 1. The predicted octanol–water partition coefficient (Wildman–Crippen LogP) is -0.222. The lowest BCUT2D eigenvalue weighted by Gasteiger charge is -2.05. The van der Waals surface area contributed by atoms with Gasteiger partial charge in [0, 0.05) is 5.57 Å². The second-order valence-corrected chi connectivity index (χ2v) is 1.87. The third kappa shape index (κ3) is 2.80. The van der Waals surface area contributed by atoms with Gasteiger partial charge in [0.25, 0.3) is 0 Å². The summed E-state index contributed by atoms with van der Waals surface area (Å²) in [5, 5.41) is 0. The topological polar surface area (TPSA) is 69.4 Å². The molecule has 1 unspecified atom stereocenters. The van der Waals surface area contributed by atoms with Crippen LogP contribution in [0, 0.1) is 0 Å². The molecule has 0 rings (SSSR count). The molecule has 0 spiro atoms. The molecule has 0 amide bonds. The molecule has 0 saturated carbocycles. The molecule has 0 fully saturated rings. The molecule has 0 aromatic carbocycles. The van der Waals surface area contributed by atoms with E-state index < -0.39 is 12.0 Å². The van der Waals surface area contributed by atoms with Crippen LogP contribution in [-0.4, -0.2) is 18.0 Å². The van der Waals surface area contributed by atoms with Crippen LogP contribution in [0.1, 0.15) is 6.92 Å². The van der Waals surface area contributed by atoms with Crippen molar-refractivity contribution in [2.24, 2.45) is 5.73 Å². The maximum absolute atomic E-state index is 10.7. The van der Waals surface area contributed by atoms with E-state index in [1.807, 2.05) is 0 Å². The van der Waals surface area contributed by atoms with E-state index in [0.29, 0.717) is 0 Å². The first-order valence-electron chi connectivity index (χ1n) is 2.92. The molecule has 0 heterocycles. The second kappa shape index (κ2) is 4.44. The predicted molar refractivity (Wildman–Crippen MR) is 39.1 cm³/mol. The Morgan fingerprint density at radius 3 is 2.73 bits per heavy atom. The van der Waals surface area contributed by atoms with Crippen molar-refractivity contribution in [3.05, 3.63) is 18.4 Å². The summed E-state index contributed by atoms with van der Waals surface area (Å²) in [6.07, 6.45) is 0.959. The fourth-order valence-corrected chi connectivity index (χ4v) is 0.396. The molecule has 11 heavy (non-hydrogen) atoms. The molecular formula is C7H9NO3. The number of carbonyl (C=O) groups is 1. The molecule has 4 nitrogen and oxygen atoms in total. The van der Waals surface area contributed by atoms with Gasteiger partial charge in [-0.3, -0.25) is 0 Å². The molecule has 0 saturated heterocycles. The number of rotatable bonds is 3. The monoisotopic (exact) mass is 155 g/mol. The minimum atomic E-state index is -1.04. The minimum Gasteiger partial charge on any atom is -0.434 e. The quantitative estimate of drug-likeness (QED) is 0.347. The highest BCUT2D eigenvalue weighted by atomic mass is 16.5. The van der Waals surface area contributed by atoms with Crippen LogP contribution in [0.25, 0.3) is 0 Å². The lowest BCUT2D eigenvalue weighted by molar-refractivity contribution is -0.138. The molecule has 0 aliphatic heterocycles. The van der Waals surface area contributed by atoms with Crippen LogP contribution >= 0.6 is 0 Å². The number of hydrogen-bond acceptors (Lipinski definition) is 4. The number of hydrogen-bond donors (Lipinski definition) is 1. The van der Waals surface area contributed by atoms with Crippen LogP contribution < -0.4 is 5.73 Å². The highest BCUT2D eigenvalue weighted by Crippen LogP contribution is 1.95. The smallest absolute Gasteiger partial charge is 0.332 e. The number of carbonyl (C=O) groups excluding carboxylic acids is 2. The highest BCUT2D eigenvalue weighted by molar-refractivity contribution is 5.82. The summed E-state index contributed by atoms with van der Waals surface area (Å²) < 4.78 is 4.33. The fraction of sp³-hybridized carbons (Fsp3) is 0.286. The van der Waals surface area contributed by atoms with Gasteiger partial charge < -0.3 is 10.5 Å². The van der Waals surface area contributed by atoms with Gasteiger partial charge >= 0.3 is 5.97 Å². The molecule has 0 bridgehead atoms. The first-order chi connectivity index (χ1) is 5.13. The van der Waals surface area contributed by atoms with Gasteiger partial charge in [-0.05, 0) is 6.92 Å². The van der Waals surface area contributed by atoms with Crippen LogP contribution in [0.15, 0.2) is 18.4 Å². The Morgan fingerprint density at radius 1 is 1.82 bits per heavy atom. The molecular weight excluding hydrogens is 146 g/mol. The molecule has 0 aromatic rings. The van der Waals surface area contributed by atoms with Crippen LogP contribution in [0.4, 0.5) is 0 Å². The molecule has 2 N–H and O–H groups in total. The van der Waals surface area contributed by atoms with Crippen molar-refractivity contribution < 1.29 is 14.3 Å². The van der Waals surface area contributed by atoms with Gasteiger partial charge in [0.15, 0.2) is 0 Å². The van der Waals surface area contributed by atoms with Crippen molar-refractivity contribution in [3.63, 3.8) is 0 Å². The first-order valence-corrected chi connectivity index (χ1v) is 2.92. The van der Waals surface area contributed by atoms with Gasteiger partial charge in [-0.1, -0.05) is 6.58 Å². The highest BCUT2D eigenvalue weighted by Gasteiger charge is 2.16. The first kappa shape index (κ1) is 9.62. The molecule has 1 atom stereocenters. The Labute approximate surface area is 64.3 Å². The fourth-order valence-electron chi connectivity index (χ4n) is 0.396. The van der Waals surface area contributed by atoms with Gasteiger partial charge in [-0.25, -0.2) is 9.59 Å². The summed E-state index contributed by atoms with van der Waals surface area (Å²) in [5.41, 5.74) is 5.34. The zero-order valence-electron chi connectivity index (χ0n) is 6.16. The summed E-state index contributed by atoms with van der Waals surface area (Å²) in [5.74, 6) is 0.803. The second-order valence-electron chi connectivity index (χ2n) is 1.87. The number of esters is 1. The summed E-state index contributed by atoms with van der Waals surface area (Å²) in [4.78, 5) is 20.7. The normalized spacial score (nSPS) is 11.1. The molecule has 60 valence electrons. The van der Waals surface area contributed by atoms with E-state index in [0.717, 1.165) is 6.26 Å².